The largest absolute Gasteiger partial charge is 0.479 e. The van der Waals surface area contributed by atoms with Gasteiger partial charge in [0.1, 0.15) is 5.75 Å². The monoisotopic (exact) mass is 490 g/mol. The number of hydrogen-bond acceptors (Lipinski definition) is 3. The van der Waals surface area contributed by atoms with Crippen molar-refractivity contribution in [1.29, 1.82) is 0 Å². The molecule has 0 bridgehead atoms. The highest BCUT2D eigenvalue weighted by Crippen LogP contribution is 2.37. The predicted molar refractivity (Wildman–Crippen MR) is 144 cm³/mol. The van der Waals surface area contributed by atoms with Crippen LogP contribution in [-0.2, 0) is 9.53 Å². The summed E-state index contributed by atoms with van der Waals surface area (Å²) in [7, 11) is 0. The van der Waals surface area contributed by atoms with Crippen molar-refractivity contribution in [3.8, 4) is 28.0 Å². The number of rotatable bonds is 7. The SMILES string of the molecule is CC1CCC(c2ccc(-c3ccc(-c4ccc(O[C@@H](C)C(=O)OC(C)C)cc4)c(Cl)c3)cc2)CC1. The maximum Gasteiger partial charge on any atom is 0.347 e. The Kier molecular flexibility index (Phi) is 8.18. The van der Waals surface area contributed by atoms with Crippen molar-refractivity contribution in [1.82, 2.24) is 0 Å². The smallest absolute Gasteiger partial charge is 0.347 e. The summed E-state index contributed by atoms with van der Waals surface area (Å²) in [5.74, 6) is 1.81. The van der Waals surface area contributed by atoms with Crippen LogP contribution in [0.5, 0.6) is 5.75 Å². The molecule has 0 N–H and O–H groups in total. The van der Waals surface area contributed by atoms with Gasteiger partial charge < -0.3 is 9.47 Å². The van der Waals surface area contributed by atoms with Gasteiger partial charge in [-0.1, -0.05) is 79.9 Å². The Hall–Kier alpha value is -2.78. The van der Waals surface area contributed by atoms with E-state index in [1.165, 1.54) is 36.8 Å². The van der Waals surface area contributed by atoms with Gasteiger partial charge in [-0.3, -0.25) is 0 Å². The van der Waals surface area contributed by atoms with Crippen LogP contribution in [0.2, 0.25) is 5.02 Å². The van der Waals surface area contributed by atoms with E-state index in [2.05, 4.69) is 43.3 Å². The quantitative estimate of drug-likeness (QED) is 0.311. The van der Waals surface area contributed by atoms with E-state index in [1.807, 2.05) is 44.2 Å². The third-order valence-electron chi connectivity index (χ3n) is 6.86. The van der Waals surface area contributed by atoms with Gasteiger partial charge in [0.2, 0.25) is 0 Å². The number of carbonyl (C=O) groups is 1. The van der Waals surface area contributed by atoms with Gasteiger partial charge in [0.25, 0.3) is 0 Å². The average Bonchev–Trinajstić information content (AvgIpc) is 2.85. The minimum atomic E-state index is -0.667. The molecule has 0 heterocycles. The van der Waals surface area contributed by atoms with Crippen molar-refractivity contribution in [2.24, 2.45) is 5.92 Å². The van der Waals surface area contributed by atoms with Crippen LogP contribution in [0.15, 0.2) is 66.7 Å². The lowest BCUT2D eigenvalue weighted by atomic mass is 9.79. The number of ether oxygens (including phenoxy) is 2. The van der Waals surface area contributed by atoms with Gasteiger partial charge in [0, 0.05) is 10.6 Å². The van der Waals surface area contributed by atoms with Gasteiger partial charge in [-0.15, -0.1) is 0 Å². The number of benzene rings is 3. The highest BCUT2D eigenvalue weighted by Gasteiger charge is 2.20. The molecule has 4 rings (SSSR count). The Balaban J connectivity index is 1.43. The maximum atomic E-state index is 12.0. The molecule has 0 spiro atoms. The fourth-order valence-corrected chi connectivity index (χ4v) is 5.05. The zero-order valence-corrected chi connectivity index (χ0v) is 21.8. The molecule has 184 valence electrons. The van der Waals surface area contributed by atoms with Crippen molar-refractivity contribution >= 4 is 17.6 Å². The molecule has 0 unspecified atom stereocenters. The molecular weight excluding hydrogens is 456 g/mol. The molecule has 1 fully saturated rings. The number of hydrogen-bond donors (Lipinski definition) is 0. The highest BCUT2D eigenvalue weighted by atomic mass is 35.5. The van der Waals surface area contributed by atoms with Crippen LogP contribution in [0.1, 0.15) is 64.9 Å². The van der Waals surface area contributed by atoms with Crippen LogP contribution < -0.4 is 4.74 Å². The third-order valence-corrected chi connectivity index (χ3v) is 7.18. The molecule has 1 aliphatic rings. The normalized spacial score (nSPS) is 18.8. The molecule has 0 radical (unpaired) electrons. The first-order chi connectivity index (χ1) is 16.8. The Morgan fingerprint density at radius 2 is 1.43 bits per heavy atom. The average molecular weight is 491 g/mol. The summed E-state index contributed by atoms with van der Waals surface area (Å²) in [5.41, 5.74) is 5.70. The van der Waals surface area contributed by atoms with Gasteiger partial charge in [-0.05, 0) is 85.9 Å². The first-order valence-electron chi connectivity index (χ1n) is 12.7. The molecule has 0 amide bonds. The van der Waals surface area contributed by atoms with Crippen molar-refractivity contribution in [3.05, 3.63) is 77.3 Å². The summed E-state index contributed by atoms with van der Waals surface area (Å²) in [6, 6.07) is 22.8. The highest BCUT2D eigenvalue weighted by molar-refractivity contribution is 6.33. The molecule has 3 nitrogen and oxygen atoms in total. The number of halogens is 1. The van der Waals surface area contributed by atoms with E-state index in [0.29, 0.717) is 16.7 Å². The van der Waals surface area contributed by atoms with Crippen molar-refractivity contribution in [2.75, 3.05) is 0 Å². The summed E-state index contributed by atoms with van der Waals surface area (Å²) in [6.45, 7) is 7.70. The van der Waals surface area contributed by atoms with Crippen molar-refractivity contribution < 1.29 is 14.3 Å². The zero-order chi connectivity index (χ0) is 24.9. The second kappa shape index (κ2) is 11.3. The Labute approximate surface area is 214 Å². The molecule has 3 aromatic carbocycles. The van der Waals surface area contributed by atoms with Crippen LogP contribution in [0.3, 0.4) is 0 Å². The van der Waals surface area contributed by atoms with Crippen molar-refractivity contribution in [3.63, 3.8) is 0 Å². The zero-order valence-electron chi connectivity index (χ0n) is 21.1. The van der Waals surface area contributed by atoms with Gasteiger partial charge in [0.15, 0.2) is 6.10 Å². The molecule has 0 aromatic heterocycles. The number of esters is 1. The van der Waals surface area contributed by atoms with Crippen LogP contribution in [0.25, 0.3) is 22.3 Å². The van der Waals surface area contributed by atoms with Crippen LogP contribution in [0.4, 0.5) is 0 Å². The molecule has 0 saturated heterocycles. The molecule has 1 atom stereocenters. The Bertz CT molecular complexity index is 1130. The van der Waals surface area contributed by atoms with E-state index in [4.69, 9.17) is 21.1 Å². The van der Waals surface area contributed by atoms with Crippen LogP contribution in [-0.4, -0.2) is 18.2 Å². The molecule has 1 saturated carbocycles. The molecular formula is C31H35ClO3. The third kappa shape index (κ3) is 6.46. The lowest BCUT2D eigenvalue weighted by Gasteiger charge is -2.26. The van der Waals surface area contributed by atoms with E-state index >= 15 is 0 Å². The summed E-state index contributed by atoms with van der Waals surface area (Å²) in [4.78, 5) is 12.0. The molecule has 0 aliphatic heterocycles. The second-order valence-electron chi connectivity index (χ2n) is 10.0. The van der Waals surface area contributed by atoms with E-state index in [-0.39, 0.29) is 12.1 Å². The fourth-order valence-electron chi connectivity index (χ4n) is 4.76. The van der Waals surface area contributed by atoms with Crippen molar-refractivity contribution in [2.45, 2.75) is 71.5 Å². The van der Waals surface area contributed by atoms with Crippen LogP contribution in [0, 0.1) is 5.92 Å². The van der Waals surface area contributed by atoms with Gasteiger partial charge in [0.05, 0.1) is 6.10 Å². The Morgan fingerprint density at radius 1 is 0.829 bits per heavy atom. The topological polar surface area (TPSA) is 35.5 Å². The van der Waals surface area contributed by atoms with Gasteiger partial charge in [-0.25, -0.2) is 4.79 Å². The standard InChI is InChI=1S/C31H35ClO3/c1-20(2)34-31(33)22(4)35-28-16-13-26(14-17-28)29-18-15-27(19-30(29)32)25-11-9-24(10-12-25)23-7-5-21(3)6-8-23/h9-23H,5-8H2,1-4H3/t21?,22-,23?/m0/s1. The van der Waals surface area contributed by atoms with E-state index in [0.717, 1.165) is 22.6 Å². The van der Waals surface area contributed by atoms with E-state index in [9.17, 15) is 4.79 Å². The molecule has 1 aliphatic carbocycles. The van der Waals surface area contributed by atoms with E-state index in [1.54, 1.807) is 6.92 Å². The van der Waals surface area contributed by atoms with Gasteiger partial charge in [-0.2, -0.15) is 0 Å². The fraction of sp³-hybridized carbons (Fsp3) is 0.387. The van der Waals surface area contributed by atoms with Gasteiger partial charge >= 0.3 is 5.97 Å². The first-order valence-corrected chi connectivity index (χ1v) is 13.1. The Morgan fingerprint density at radius 3 is 2.03 bits per heavy atom. The number of carbonyl (C=O) groups excluding carboxylic acids is 1. The first kappa shape index (κ1) is 25.3. The summed E-state index contributed by atoms with van der Waals surface area (Å²) >= 11 is 6.70. The molecule has 4 heteroatoms. The minimum absolute atomic E-state index is 0.167. The summed E-state index contributed by atoms with van der Waals surface area (Å²) < 4.78 is 10.9. The molecule has 3 aromatic rings. The second-order valence-corrected chi connectivity index (χ2v) is 10.5. The van der Waals surface area contributed by atoms with Crippen LogP contribution >= 0.6 is 11.6 Å². The molecule has 35 heavy (non-hydrogen) atoms. The minimum Gasteiger partial charge on any atom is -0.479 e. The maximum absolute atomic E-state index is 12.0. The summed E-state index contributed by atoms with van der Waals surface area (Å²) in [6.07, 6.45) is 4.43. The predicted octanol–water partition coefficient (Wildman–Crippen LogP) is 8.69. The lowest BCUT2D eigenvalue weighted by molar-refractivity contribution is -0.154. The summed E-state index contributed by atoms with van der Waals surface area (Å²) in [5, 5.41) is 0.704. The lowest BCUT2D eigenvalue weighted by Crippen LogP contribution is -2.28. The van der Waals surface area contributed by atoms with E-state index < -0.39 is 6.10 Å².